The molecular formula is C89H171N25O25. The average molecular weight is 1990 g/mol. The van der Waals surface area contributed by atoms with E-state index >= 15 is 0 Å². The molecule has 17 atom stereocenters. The summed E-state index contributed by atoms with van der Waals surface area (Å²) in [5.74, 6) is -10.1. The van der Waals surface area contributed by atoms with E-state index in [0.29, 0.717) is 161 Å². The summed E-state index contributed by atoms with van der Waals surface area (Å²) in [4.78, 5) is 240. The highest BCUT2D eigenvalue weighted by molar-refractivity contribution is 5.99. The lowest BCUT2D eigenvalue weighted by Crippen LogP contribution is -2.58. The van der Waals surface area contributed by atoms with Crippen LogP contribution in [0.4, 0.5) is 0 Å². The number of hydrogen-bond acceptors (Lipinski definition) is 30. The Kier molecular flexibility index (Phi) is 74.2. The van der Waals surface area contributed by atoms with E-state index in [1.165, 1.54) is 62.6 Å². The second-order valence-electron chi connectivity index (χ2n) is 35.8. The second-order valence-corrected chi connectivity index (χ2v) is 35.8. The quantitative estimate of drug-likeness (QED) is 0.0252. The number of unbranched alkanes of at least 4 members (excludes halogenated alkanes) is 5. The summed E-state index contributed by atoms with van der Waals surface area (Å²) in [7, 11) is 2.98. The lowest BCUT2D eigenvalue weighted by molar-refractivity contribution is -0.135. The first-order valence-corrected chi connectivity index (χ1v) is 47.5. The van der Waals surface area contributed by atoms with Crippen molar-refractivity contribution in [2.75, 3.05) is 66.6 Å². The van der Waals surface area contributed by atoms with Crippen LogP contribution in [0.25, 0.3) is 0 Å². The summed E-state index contributed by atoms with van der Waals surface area (Å²) in [6.45, 7) is 24.5. The predicted octanol–water partition coefficient (Wildman–Crippen LogP) is -8.38. The Morgan fingerprint density at radius 3 is 0.612 bits per heavy atom. The monoisotopic (exact) mass is 1990 g/mol. The first-order valence-electron chi connectivity index (χ1n) is 47.5. The van der Waals surface area contributed by atoms with Crippen molar-refractivity contribution in [3.05, 3.63) is 0 Å². The first kappa shape index (κ1) is 134. The van der Waals surface area contributed by atoms with Gasteiger partial charge in [0.1, 0.15) is 90.6 Å². The van der Waals surface area contributed by atoms with Gasteiger partial charge in [-0.3, -0.25) is 95.9 Å². The number of aliphatic hydroxyl groups excluding tert-OH is 5. The SMILES string of the molecule is CC(=O)N[C@@H](CO)C(=O)N[C@@H](CCCCN)C(=O)N[C@@H](CC(C)C)C(N)=O.CC(=O)N[C@@H](CO)C(=O)N[C@@H](CCCCN)C(=O)N[C@@H](CC1CC1)C(N)=O.CC(=O)N[C@H](C(=O)N[C@@H](CCCCN)C(=O)N[C@@H](CC(C)C)C(N)=O)C(C)O.CNC(=O)[C@H](CC(C)C)NC(=O)[C@@H](CCCCN)NC(=O)[C@@H](NC(C)=O)C(C)O.CNC(=O)[C@H](CC(C)C)NC(=O)[C@H](CCCCN)NC(=O)[C@H](CO)NC(C)=O. The van der Waals surface area contributed by atoms with Gasteiger partial charge in [-0.15, -0.1) is 0 Å². The van der Waals surface area contributed by atoms with Gasteiger partial charge in [-0.05, 0) is 205 Å². The molecule has 20 amide bonds. The van der Waals surface area contributed by atoms with Crippen molar-refractivity contribution in [1.29, 1.82) is 0 Å². The highest BCUT2D eigenvalue weighted by atomic mass is 16.3. The van der Waals surface area contributed by atoms with E-state index < -0.39 is 229 Å². The van der Waals surface area contributed by atoms with Crippen LogP contribution in [-0.4, -0.2) is 313 Å². The summed E-state index contributed by atoms with van der Waals surface area (Å²) in [6, 6.07) is -14.5. The number of amides is 20. The number of aliphatic hydroxyl groups is 5. The van der Waals surface area contributed by atoms with Gasteiger partial charge in [-0.25, -0.2) is 0 Å². The number of likely N-dealkylation sites (N-methyl/N-ethyl adjacent to an activating group) is 2. The molecule has 1 fully saturated rings. The summed E-state index contributed by atoms with van der Waals surface area (Å²) in [5, 5.41) is 90.0. The fourth-order valence-corrected chi connectivity index (χ4v) is 13.2. The Hall–Kier alpha value is -11.0. The molecule has 1 rings (SSSR count). The van der Waals surface area contributed by atoms with E-state index in [1.807, 2.05) is 55.4 Å². The van der Waals surface area contributed by atoms with E-state index in [9.17, 15) is 121 Å². The minimum atomic E-state index is -1.20. The fraction of sp³-hybridized carbons (Fsp3) is 0.775. The van der Waals surface area contributed by atoms with Crippen LogP contribution in [0, 0.1) is 29.6 Å². The number of carbonyl (C=O) groups is 20. The highest BCUT2D eigenvalue weighted by Crippen LogP contribution is 2.33. The van der Waals surface area contributed by atoms with Gasteiger partial charge >= 0.3 is 0 Å². The summed E-state index contributed by atoms with van der Waals surface area (Å²) in [6.07, 6.45) is 9.52. The van der Waals surface area contributed by atoms with Gasteiger partial charge in [0.25, 0.3) is 0 Å². The molecule has 0 saturated heterocycles. The Morgan fingerprint density at radius 1 is 0.252 bits per heavy atom. The van der Waals surface area contributed by atoms with E-state index in [1.54, 1.807) is 0 Å². The molecular weight excluding hydrogens is 1820 g/mol. The molecule has 0 radical (unpaired) electrons. The molecule has 139 heavy (non-hydrogen) atoms. The molecule has 0 aromatic carbocycles. The van der Waals surface area contributed by atoms with Gasteiger partial charge in [-0.1, -0.05) is 68.2 Å². The number of nitrogens with one attached hydrogen (secondary N) is 17. The van der Waals surface area contributed by atoms with Crippen molar-refractivity contribution >= 4 is 118 Å². The zero-order valence-electron chi connectivity index (χ0n) is 84.4. The van der Waals surface area contributed by atoms with E-state index in [-0.39, 0.29) is 41.9 Å². The third kappa shape index (κ3) is 64.8. The lowest BCUT2D eigenvalue weighted by atomic mass is 10.0. The van der Waals surface area contributed by atoms with Gasteiger partial charge in [-0.2, -0.15) is 0 Å². The summed E-state index contributed by atoms with van der Waals surface area (Å²) in [5.41, 5.74) is 43.5. The van der Waals surface area contributed by atoms with Crippen LogP contribution >= 0.6 is 0 Å². The smallest absolute Gasteiger partial charge is 0.245 e. The molecule has 1 aliphatic rings. The van der Waals surface area contributed by atoms with Crippen molar-refractivity contribution in [2.24, 2.45) is 75.5 Å². The second kappa shape index (κ2) is 76.8. The molecule has 50 nitrogen and oxygen atoms in total. The molecule has 802 valence electrons. The van der Waals surface area contributed by atoms with E-state index in [4.69, 9.17) is 45.9 Å². The van der Waals surface area contributed by atoms with Crippen LogP contribution < -0.4 is 136 Å². The predicted molar refractivity (Wildman–Crippen MR) is 517 cm³/mol. The third-order valence-corrected chi connectivity index (χ3v) is 20.6. The van der Waals surface area contributed by atoms with Gasteiger partial charge in [0.05, 0.1) is 32.0 Å². The van der Waals surface area contributed by atoms with Crippen LogP contribution in [0.1, 0.15) is 245 Å². The molecule has 1 saturated carbocycles. The highest BCUT2D eigenvalue weighted by Gasteiger charge is 2.38. The minimum Gasteiger partial charge on any atom is -0.394 e. The molecule has 0 aliphatic heterocycles. The van der Waals surface area contributed by atoms with E-state index in [0.717, 1.165) is 12.8 Å². The van der Waals surface area contributed by atoms with Gasteiger partial charge in [0.15, 0.2) is 0 Å². The van der Waals surface area contributed by atoms with E-state index in [2.05, 4.69) is 90.4 Å². The standard InChI is InChI=1S/C19H37N5O5.2C18H35N5O5.C17H31N5O5.C17H33N5O5/c1-11(2)10-15(17(27)21-5)24-18(28)14(8-6-7-9-20)23-19(29)16(12(3)25)22-13(4)26;1-11(2)9-14(16(26)20-4)23-17(27)13(7-5-6-8-19)22-18(28)15(10-24)21-12(3)25;1-10(2)9-14(16(20)26)23-17(27)13(7-5-6-8-19)22-18(28)15(11(3)24)21-12(4)25;1-10(24)20-14(9-23)17(27)21-12(4-2-3-7-18)16(26)22-13(15(19)25)8-11-5-6-11;1-10(2)8-13(15(19)25)22-16(26)12(6-4-5-7-18)21-17(27)14(9-23)20-11(3)24/h11-12,14-16,25H,6-10,20H2,1-5H3,(H,21,27)(H,22,26)(H,23,29)(H,24,28);11,13-15,24H,5-10,19H2,1-4H3,(H,20,26)(H,21,25)(H,22,28)(H,23,27);10-11,13-15,24H,5-9,19H2,1-4H3,(H2,20,26)(H,21,25)(H,22,28)(H,23,27);11-14,23H,2-9,18H2,1H3,(H2,19,25)(H,20,24)(H,21,27)(H,22,26);10,12-14,23H,4-9,18H2,1-3H3,(H2,19,25)(H,20,24)(H,21,27)(H,22,26)/t12?,14-,15+,16+;13-,14-,15-;11?,13-,14-,15-;2*12-,13-,14-/m10000/s1. The Morgan fingerprint density at radius 2 is 0.439 bits per heavy atom. The van der Waals surface area contributed by atoms with Crippen LogP contribution in [0.5, 0.6) is 0 Å². The maximum Gasteiger partial charge on any atom is 0.245 e. The summed E-state index contributed by atoms with van der Waals surface area (Å²) >= 11 is 0. The number of hydrogen-bond donors (Lipinski definition) is 30. The Labute approximate surface area is 816 Å². The zero-order chi connectivity index (χ0) is 107. The van der Waals surface area contributed by atoms with Crippen molar-refractivity contribution < 1.29 is 121 Å². The van der Waals surface area contributed by atoms with Crippen molar-refractivity contribution in [1.82, 2.24) is 90.4 Å². The van der Waals surface area contributed by atoms with Gasteiger partial charge in [0, 0.05) is 48.7 Å². The van der Waals surface area contributed by atoms with Crippen LogP contribution in [-0.2, 0) is 95.9 Å². The lowest BCUT2D eigenvalue weighted by Gasteiger charge is -2.26. The maximum atomic E-state index is 12.8. The number of carbonyl (C=O) groups excluding carboxylic acids is 20. The van der Waals surface area contributed by atoms with Crippen LogP contribution in [0.2, 0.25) is 0 Å². The largest absolute Gasteiger partial charge is 0.394 e. The third-order valence-electron chi connectivity index (χ3n) is 20.6. The molecule has 0 spiro atoms. The Balaban J connectivity index is -0.000000820. The van der Waals surface area contributed by atoms with Crippen molar-refractivity contribution in [2.45, 2.75) is 348 Å². The fourth-order valence-electron chi connectivity index (χ4n) is 13.2. The number of primary amides is 3. The number of rotatable bonds is 65. The average Bonchev–Trinajstić information content (AvgIpc) is 1.85. The molecule has 0 heterocycles. The van der Waals surface area contributed by atoms with Gasteiger partial charge in [0.2, 0.25) is 118 Å². The molecule has 0 bridgehead atoms. The first-order chi connectivity index (χ1) is 65.1. The van der Waals surface area contributed by atoms with Gasteiger partial charge < -0.3 is 162 Å². The van der Waals surface area contributed by atoms with Crippen molar-refractivity contribution in [3.8, 4) is 0 Å². The van der Waals surface area contributed by atoms with Crippen LogP contribution in [0.3, 0.4) is 0 Å². The topological polar surface area (TPSA) is 855 Å². The molecule has 1 aliphatic carbocycles. The molecule has 2 unspecified atom stereocenters. The normalized spacial score (nSPS) is 15.0. The number of nitrogens with two attached hydrogens (primary N) is 8. The maximum absolute atomic E-state index is 12.8. The minimum absolute atomic E-state index is 0.127. The molecule has 38 N–H and O–H groups in total. The Bertz CT molecular complexity index is 3670. The van der Waals surface area contributed by atoms with Crippen molar-refractivity contribution in [3.63, 3.8) is 0 Å². The molecule has 0 aromatic heterocycles. The van der Waals surface area contributed by atoms with Crippen LogP contribution in [0.15, 0.2) is 0 Å². The summed E-state index contributed by atoms with van der Waals surface area (Å²) < 4.78 is 0. The molecule has 0 aromatic rings. The zero-order valence-corrected chi connectivity index (χ0v) is 84.4. The molecule has 50 heteroatoms.